The summed E-state index contributed by atoms with van der Waals surface area (Å²) in [7, 11) is 0. The number of rotatable bonds is 6. The SMILES string of the molecule is CCC(C)C(=O)N1Cc2ccccc2CC1C(=O)Nc1ncn(Cc2ccc(Br)cc2)n1. The van der Waals surface area contributed by atoms with Gasteiger partial charge < -0.3 is 4.90 Å². The summed E-state index contributed by atoms with van der Waals surface area (Å²) in [4.78, 5) is 32.2. The first-order valence-corrected chi connectivity index (χ1v) is 11.6. The van der Waals surface area contributed by atoms with Crippen LogP contribution in [0, 0.1) is 5.92 Å². The largest absolute Gasteiger partial charge is 0.326 e. The van der Waals surface area contributed by atoms with E-state index in [2.05, 4.69) is 31.3 Å². The van der Waals surface area contributed by atoms with E-state index in [9.17, 15) is 9.59 Å². The fraction of sp³-hybridized carbons (Fsp3) is 0.333. The second kappa shape index (κ2) is 9.65. The third-order valence-electron chi connectivity index (χ3n) is 5.90. The summed E-state index contributed by atoms with van der Waals surface area (Å²) in [5.41, 5.74) is 3.25. The number of halogens is 1. The standard InChI is InChI=1S/C24H26BrN5O2/c1-3-16(2)23(32)30-14-19-7-5-4-6-18(19)12-21(30)22(31)27-24-26-15-29(28-24)13-17-8-10-20(25)11-9-17/h4-11,15-16,21H,3,12-14H2,1-2H3,(H,27,28,31). The van der Waals surface area contributed by atoms with Crippen LogP contribution in [0.1, 0.15) is 37.0 Å². The van der Waals surface area contributed by atoms with Crippen LogP contribution in [0.15, 0.2) is 59.3 Å². The molecule has 0 saturated heterocycles. The van der Waals surface area contributed by atoms with Crippen LogP contribution in [-0.2, 0) is 29.1 Å². The maximum atomic E-state index is 13.2. The van der Waals surface area contributed by atoms with Gasteiger partial charge in [-0.3, -0.25) is 14.9 Å². The van der Waals surface area contributed by atoms with E-state index in [1.54, 1.807) is 15.9 Å². The number of carbonyl (C=O) groups is 2. The van der Waals surface area contributed by atoms with Crippen molar-refractivity contribution in [3.05, 3.63) is 76.0 Å². The fourth-order valence-electron chi connectivity index (χ4n) is 3.85. The highest BCUT2D eigenvalue weighted by Gasteiger charge is 2.36. The Kier molecular flexibility index (Phi) is 6.69. The molecule has 1 aliphatic rings. The molecule has 1 aromatic heterocycles. The predicted octanol–water partition coefficient (Wildman–Crippen LogP) is 4.03. The molecule has 2 atom stereocenters. The maximum absolute atomic E-state index is 13.2. The Hall–Kier alpha value is -3.00. The van der Waals surface area contributed by atoms with Crippen LogP contribution in [0.5, 0.6) is 0 Å². The van der Waals surface area contributed by atoms with Gasteiger partial charge in [-0.15, -0.1) is 5.10 Å². The molecule has 2 heterocycles. The zero-order valence-electron chi connectivity index (χ0n) is 18.2. The molecule has 2 amide bonds. The highest BCUT2D eigenvalue weighted by molar-refractivity contribution is 9.10. The molecule has 0 saturated carbocycles. The molecule has 3 aromatic rings. The Morgan fingerprint density at radius 3 is 2.59 bits per heavy atom. The van der Waals surface area contributed by atoms with Gasteiger partial charge in [0.25, 0.3) is 0 Å². The Morgan fingerprint density at radius 1 is 1.16 bits per heavy atom. The number of hydrogen-bond acceptors (Lipinski definition) is 4. The van der Waals surface area contributed by atoms with Crippen molar-refractivity contribution in [3.63, 3.8) is 0 Å². The molecule has 2 aromatic carbocycles. The van der Waals surface area contributed by atoms with Crippen LogP contribution in [0.25, 0.3) is 0 Å². The van der Waals surface area contributed by atoms with Crippen molar-refractivity contribution in [2.45, 2.75) is 45.8 Å². The Balaban J connectivity index is 1.50. The number of fused-ring (bicyclic) bond motifs is 1. The van der Waals surface area contributed by atoms with Gasteiger partial charge in [0.05, 0.1) is 6.54 Å². The van der Waals surface area contributed by atoms with Gasteiger partial charge in [-0.1, -0.05) is 66.2 Å². The summed E-state index contributed by atoms with van der Waals surface area (Å²) >= 11 is 3.43. The molecule has 0 bridgehead atoms. The normalized spacial score (nSPS) is 16.3. The average Bonchev–Trinajstić information content (AvgIpc) is 3.25. The van der Waals surface area contributed by atoms with Crippen molar-refractivity contribution in [3.8, 4) is 0 Å². The van der Waals surface area contributed by atoms with E-state index in [-0.39, 0.29) is 23.7 Å². The summed E-state index contributed by atoms with van der Waals surface area (Å²) < 4.78 is 2.69. The van der Waals surface area contributed by atoms with Crippen molar-refractivity contribution in [1.82, 2.24) is 19.7 Å². The molecule has 4 rings (SSSR count). The van der Waals surface area contributed by atoms with Crippen LogP contribution in [-0.4, -0.2) is 37.5 Å². The number of amides is 2. The van der Waals surface area contributed by atoms with Crippen molar-refractivity contribution < 1.29 is 9.59 Å². The van der Waals surface area contributed by atoms with Crippen LogP contribution >= 0.6 is 15.9 Å². The van der Waals surface area contributed by atoms with Gasteiger partial charge in [0.2, 0.25) is 17.8 Å². The minimum absolute atomic E-state index is 0.00381. The van der Waals surface area contributed by atoms with Gasteiger partial charge in [0, 0.05) is 23.4 Å². The fourth-order valence-corrected chi connectivity index (χ4v) is 4.11. The summed E-state index contributed by atoms with van der Waals surface area (Å²) in [5, 5.41) is 7.20. The van der Waals surface area contributed by atoms with E-state index in [1.165, 1.54) is 0 Å². The van der Waals surface area contributed by atoms with Gasteiger partial charge in [-0.25, -0.2) is 9.67 Å². The first-order valence-electron chi connectivity index (χ1n) is 10.8. The van der Waals surface area contributed by atoms with Crippen molar-refractivity contribution in [2.24, 2.45) is 5.92 Å². The Labute approximate surface area is 196 Å². The highest BCUT2D eigenvalue weighted by Crippen LogP contribution is 2.26. The number of nitrogens with one attached hydrogen (secondary N) is 1. The number of anilines is 1. The lowest BCUT2D eigenvalue weighted by atomic mass is 9.92. The van der Waals surface area contributed by atoms with Crippen LogP contribution in [0.4, 0.5) is 5.95 Å². The van der Waals surface area contributed by atoms with Gasteiger partial charge >= 0.3 is 0 Å². The third kappa shape index (κ3) is 4.91. The van der Waals surface area contributed by atoms with Gasteiger partial charge in [0.1, 0.15) is 12.4 Å². The summed E-state index contributed by atoms with van der Waals surface area (Å²) in [6.07, 6.45) is 2.80. The molecule has 0 aliphatic carbocycles. The maximum Gasteiger partial charge on any atom is 0.249 e. The minimum Gasteiger partial charge on any atom is -0.326 e. The highest BCUT2D eigenvalue weighted by atomic mass is 79.9. The van der Waals surface area contributed by atoms with Gasteiger partial charge in [-0.2, -0.15) is 0 Å². The van der Waals surface area contributed by atoms with Crippen molar-refractivity contribution in [1.29, 1.82) is 0 Å². The topological polar surface area (TPSA) is 80.1 Å². The number of benzene rings is 2. The summed E-state index contributed by atoms with van der Waals surface area (Å²) in [6, 6.07) is 15.3. The number of aromatic nitrogens is 3. The molecular weight excluding hydrogens is 470 g/mol. The molecule has 0 radical (unpaired) electrons. The Bertz CT molecular complexity index is 1110. The Morgan fingerprint density at radius 2 is 1.88 bits per heavy atom. The lowest BCUT2D eigenvalue weighted by Gasteiger charge is -2.37. The first kappa shape index (κ1) is 22.2. The number of hydrogen-bond donors (Lipinski definition) is 1. The van der Waals surface area contributed by atoms with Gasteiger partial charge in [0.15, 0.2) is 0 Å². The molecule has 2 unspecified atom stereocenters. The lowest BCUT2D eigenvalue weighted by Crippen LogP contribution is -2.52. The van der Waals surface area contributed by atoms with Crippen LogP contribution in [0.3, 0.4) is 0 Å². The second-order valence-corrected chi connectivity index (χ2v) is 9.06. The molecule has 1 aliphatic heterocycles. The molecule has 32 heavy (non-hydrogen) atoms. The van der Waals surface area contributed by atoms with Crippen LogP contribution in [0.2, 0.25) is 0 Å². The van der Waals surface area contributed by atoms with Crippen molar-refractivity contribution in [2.75, 3.05) is 5.32 Å². The van der Waals surface area contributed by atoms with E-state index < -0.39 is 6.04 Å². The number of nitrogens with zero attached hydrogens (tertiary/aromatic N) is 4. The molecule has 8 heteroatoms. The average molecular weight is 496 g/mol. The van der Waals surface area contributed by atoms with E-state index in [0.717, 1.165) is 27.6 Å². The lowest BCUT2D eigenvalue weighted by molar-refractivity contribution is -0.143. The molecular formula is C24H26BrN5O2. The third-order valence-corrected chi connectivity index (χ3v) is 6.43. The predicted molar refractivity (Wildman–Crippen MR) is 126 cm³/mol. The minimum atomic E-state index is -0.593. The van der Waals surface area contributed by atoms with E-state index in [1.807, 2.05) is 62.4 Å². The molecule has 0 fully saturated rings. The monoisotopic (exact) mass is 495 g/mol. The summed E-state index contributed by atoms with van der Waals surface area (Å²) in [6.45, 7) is 4.87. The quantitative estimate of drug-likeness (QED) is 0.559. The smallest absolute Gasteiger partial charge is 0.249 e. The van der Waals surface area contributed by atoms with Gasteiger partial charge in [-0.05, 0) is 35.2 Å². The molecule has 166 valence electrons. The van der Waals surface area contributed by atoms with E-state index in [4.69, 9.17) is 0 Å². The molecule has 7 nitrogen and oxygen atoms in total. The zero-order chi connectivity index (χ0) is 22.7. The first-order chi connectivity index (χ1) is 15.4. The number of carbonyl (C=O) groups excluding carboxylic acids is 2. The van der Waals surface area contributed by atoms with Crippen molar-refractivity contribution >= 4 is 33.7 Å². The zero-order valence-corrected chi connectivity index (χ0v) is 19.7. The van der Waals surface area contributed by atoms with E-state index in [0.29, 0.717) is 19.5 Å². The summed E-state index contributed by atoms with van der Waals surface area (Å²) in [5.74, 6) is -0.172. The van der Waals surface area contributed by atoms with Crippen LogP contribution < -0.4 is 5.32 Å². The van der Waals surface area contributed by atoms with E-state index >= 15 is 0 Å². The molecule has 1 N–H and O–H groups in total. The second-order valence-electron chi connectivity index (χ2n) is 8.15. The molecule has 0 spiro atoms.